The molecule has 0 heterocycles. The summed E-state index contributed by atoms with van der Waals surface area (Å²) in [6, 6.07) is 11.5. The Morgan fingerprint density at radius 1 is 1.08 bits per heavy atom. The van der Waals surface area contributed by atoms with Crippen molar-refractivity contribution >= 4 is 46.5 Å². The van der Waals surface area contributed by atoms with Crippen LogP contribution in [0.4, 0.5) is 11.4 Å². The zero-order chi connectivity index (χ0) is 17.7. The molecule has 0 unspecified atom stereocenters. The second-order valence-electron chi connectivity index (χ2n) is 4.99. The Morgan fingerprint density at radius 2 is 1.71 bits per heavy atom. The number of hydrogen-bond acceptors (Lipinski definition) is 4. The predicted octanol–water partition coefficient (Wildman–Crippen LogP) is 4.22. The summed E-state index contributed by atoms with van der Waals surface area (Å²) < 4.78 is 5.22. The minimum Gasteiger partial charge on any atom is -0.449 e. The molecule has 0 aliphatic heterocycles. The van der Waals surface area contributed by atoms with Crippen LogP contribution in [0.15, 0.2) is 42.5 Å². The van der Waals surface area contributed by atoms with Crippen LogP contribution in [0.2, 0.25) is 10.0 Å². The number of nitrogens with one attached hydrogen (secondary N) is 2. The molecule has 0 bridgehead atoms. The van der Waals surface area contributed by atoms with E-state index in [1.54, 1.807) is 49.5 Å². The first-order valence-electron chi connectivity index (χ1n) is 7.15. The van der Waals surface area contributed by atoms with Crippen molar-refractivity contribution in [2.45, 2.75) is 13.0 Å². The van der Waals surface area contributed by atoms with Gasteiger partial charge in [0.05, 0.1) is 5.56 Å². The first kappa shape index (κ1) is 18.1. The standard InChI is InChI=1S/C17H16Cl2N2O3/c1-10(16(22)21-13-8-11(18)7-12(19)9-13)24-17(23)14-5-3-4-6-15(14)20-2/h3-10,20H,1-2H3,(H,21,22)/t10-/m1/s1. The summed E-state index contributed by atoms with van der Waals surface area (Å²) in [6.45, 7) is 1.49. The predicted molar refractivity (Wildman–Crippen MR) is 96.0 cm³/mol. The molecule has 0 fully saturated rings. The summed E-state index contributed by atoms with van der Waals surface area (Å²) in [7, 11) is 1.70. The van der Waals surface area contributed by atoms with E-state index in [1.165, 1.54) is 6.92 Å². The smallest absolute Gasteiger partial charge is 0.341 e. The zero-order valence-corrected chi connectivity index (χ0v) is 14.6. The number of amides is 1. The maximum Gasteiger partial charge on any atom is 0.341 e. The summed E-state index contributed by atoms with van der Waals surface area (Å²) in [5, 5.41) is 6.30. The third kappa shape index (κ3) is 4.63. The molecular formula is C17H16Cl2N2O3. The number of anilines is 2. The van der Waals surface area contributed by atoms with Gasteiger partial charge in [-0.2, -0.15) is 0 Å². The van der Waals surface area contributed by atoms with Crippen molar-refractivity contribution in [1.82, 2.24) is 0 Å². The number of ether oxygens (including phenoxy) is 1. The van der Waals surface area contributed by atoms with Crippen LogP contribution in [0.1, 0.15) is 17.3 Å². The molecule has 1 amide bonds. The zero-order valence-electron chi connectivity index (χ0n) is 13.1. The second kappa shape index (κ2) is 8.04. The van der Waals surface area contributed by atoms with Crippen molar-refractivity contribution < 1.29 is 14.3 Å². The molecule has 5 nitrogen and oxygen atoms in total. The first-order valence-corrected chi connectivity index (χ1v) is 7.91. The number of para-hydroxylation sites is 1. The molecule has 0 aliphatic carbocycles. The fourth-order valence-corrected chi connectivity index (χ4v) is 2.55. The molecule has 2 N–H and O–H groups in total. The van der Waals surface area contributed by atoms with Crippen molar-refractivity contribution in [3.05, 3.63) is 58.1 Å². The largest absolute Gasteiger partial charge is 0.449 e. The van der Waals surface area contributed by atoms with E-state index in [9.17, 15) is 9.59 Å². The van der Waals surface area contributed by atoms with E-state index in [0.717, 1.165) is 0 Å². The number of hydrogen-bond donors (Lipinski definition) is 2. The van der Waals surface area contributed by atoms with Crippen LogP contribution >= 0.6 is 23.2 Å². The summed E-state index contributed by atoms with van der Waals surface area (Å²) >= 11 is 11.8. The molecule has 2 rings (SSSR count). The number of carbonyl (C=O) groups excluding carboxylic acids is 2. The average Bonchev–Trinajstić information content (AvgIpc) is 2.53. The lowest BCUT2D eigenvalue weighted by molar-refractivity contribution is -0.123. The lowest BCUT2D eigenvalue weighted by Crippen LogP contribution is -2.30. The third-order valence-corrected chi connectivity index (χ3v) is 3.64. The fourth-order valence-electron chi connectivity index (χ4n) is 2.03. The van der Waals surface area contributed by atoms with Crippen molar-refractivity contribution in [2.24, 2.45) is 0 Å². The monoisotopic (exact) mass is 366 g/mol. The Morgan fingerprint density at radius 3 is 2.33 bits per heavy atom. The van der Waals surface area contributed by atoms with Crippen LogP contribution < -0.4 is 10.6 Å². The Labute approximate surface area is 149 Å². The van der Waals surface area contributed by atoms with Gasteiger partial charge in [-0.15, -0.1) is 0 Å². The highest BCUT2D eigenvalue weighted by molar-refractivity contribution is 6.35. The molecule has 0 aliphatic rings. The van der Waals surface area contributed by atoms with Crippen molar-refractivity contribution in [2.75, 3.05) is 17.7 Å². The van der Waals surface area contributed by atoms with Gasteiger partial charge in [0, 0.05) is 28.5 Å². The first-order chi connectivity index (χ1) is 11.4. The number of benzene rings is 2. The molecule has 1 atom stereocenters. The van der Waals surface area contributed by atoms with Crippen molar-refractivity contribution in [3.8, 4) is 0 Å². The van der Waals surface area contributed by atoms with Gasteiger partial charge in [0.25, 0.3) is 5.91 Å². The number of halogens is 2. The summed E-state index contributed by atoms with van der Waals surface area (Å²) in [5.74, 6) is -1.07. The van der Waals surface area contributed by atoms with Crippen LogP contribution in [0.5, 0.6) is 0 Å². The van der Waals surface area contributed by atoms with Gasteiger partial charge in [-0.3, -0.25) is 4.79 Å². The molecule has 24 heavy (non-hydrogen) atoms. The molecular weight excluding hydrogens is 351 g/mol. The van der Waals surface area contributed by atoms with Crippen LogP contribution in [0.25, 0.3) is 0 Å². The molecule has 0 spiro atoms. The van der Waals surface area contributed by atoms with Gasteiger partial charge in [-0.1, -0.05) is 35.3 Å². The van der Waals surface area contributed by atoms with E-state index < -0.39 is 18.0 Å². The van der Waals surface area contributed by atoms with Crippen molar-refractivity contribution in [1.29, 1.82) is 0 Å². The summed E-state index contributed by atoms with van der Waals surface area (Å²) in [5.41, 5.74) is 1.40. The Balaban J connectivity index is 2.04. The third-order valence-electron chi connectivity index (χ3n) is 3.20. The van der Waals surface area contributed by atoms with Gasteiger partial charge in [0.2, 0.25) is 0 Å². The Kier molecular flexibility index (Phi) is 6.06. The summed E-state index contributed by atoms with van der Waals surface area (Å²) in [6.07, 6.45) is -0.986. The van der Waals surface area contributed by atoms with Crippen LogP contribution in [0.3, 0.4) is 0 Å². The molecule has 0 saturated heterocycles. The van der Waals surface area contributed by atoms with Crippen LogP contribution in [-0.2, 0) is 9.53 Å². The lowest BCUT2D eigenvalue weighted by atomic mass is 10.2. The highest BCUT2D eigenvalue weighted by Crippen LogP contribution is 2.23. The van der Waals surface area contributed by atoms with Gasteiger partial charge in [-0.05, 0) is 37.3 Å². The summed E-state index contributed by atoms with van der Waals surface area (Å²) in [4.78, 5) is 24.4. The molecule has 0 aromatic heterocycles. The normalized spacial score (nSPS) is 11.5. The maximum atomic E-state index is 12.2. The van der Waals surface area contributed by atoms with Crippen molar-refractivity contribution in [3.63, 3.8) is 0 Å². The van der Waals surface area contributed by atoms with Gasteiger partial charge >= 0.3 is 5.97 Å². The maximum absolute atomic E-state index is 12.2. The lowest BCUT2D eigenvalue weighted by Gasteiger charge is -2.15. The topological polar surface area (TPSA) is 67.4 Å². The fraction of sp³-hybridized carbons (Fsp3) is 0.176. The van der Waals surface area contributed by atoms with Gasteiger partial charge in [0.1, 0.15) is 0 Å². The average molecular weight is 367 g/mol. The van der Waals surface area contributed by atoms with E-state index in [4.69, 9.17) is 27.9 Å². The van der Waals surface area contributed by atoms with Crippen LogP contribution in [0, 0.1) is 0 Å². The second-order valence-corrected chi connectivity index (χ2v) is 5.86. The van der Waals surface area contributed by atoms with E-state index >= 15 is 0 Å². The van der Waals surface area contributed by atoms with E-state index in [1.807, 2.05) is 0 Å². The molecule has 2 aromatic rings. The van der Waals surface area contributed by atoms with E-state index in [-0.39, 0.29) is 0 Å². The quantitative estimate of drug-likeness (QED) is 0.777. The van der Waals surface area contributed by atoms with Gasteiger partial charge < -0.3 is 15.4 Å². The molecule has 126 valence electrons. The number of carbonyl (C=O) groups is 2. The Bertz CT molecular complexity index is 745. The van der Waals surface area contributed by atoms with Gasteiger partial charge in [-0.25, -0.2) is 4.79 Å². The van der Waals surface area contributed by atoms with E-state index in [2.05, 4.69) is 10.6 Å². The minimum absolute atomic E-state index is 0.352. The van der Waals surface area contributed by atoms with E-state index in [0.29, 0.717) is 27.0 Å². The molecule has 2 aromatic carbocycles. The highest BCUT2D eigenvalue weighted by Gasteiger charge is 2.20. The van der Waals surface area contributed by atoms with Crippen LogP contribution in [-0.4, -0.2) is 25.0 Å². The Hall–Kier alpha value is -2.24. The minimum atomic E-state index is -0.986. The molecule has 0 saturated carbocycles. The number of esters is 1. The SMILES string of the molecule is CNc1ccccc1C(=O)O[C@H](C)C(=O)Nc1cc(Cl)cc(Cl)c1. The highest BCUT2D eigenvalue weighted by atomic mass is 35.5. The van der Waals surface area contributed by atoms with Gasteiger partial charge in [0.15, 0.2) is 6.10 Å². The number of rotatable bonds is 5. The molecule has 7 heteroatoms. The molecule has 0 radical (unpaired) electrons.